The molecule has 1 aliphatic carbocycles. The molecule has 0 unspecified atom stereocenters. The maximum absolute atomic E-state index is 13.2. The van der Waals surface area contributed by atoms with Gasteiger partial charge in [0.2, 0.25) is 0 Å². The lowest BCUT2D eigenvalue weighted by Crippen LogP contribution is -2.31. The van der Waals surface area contributed by atoms with Gasteiger partial charge < -0.3 is 10.4 Å². The van der Waals surface area contributed by atoms with Crippen molar-refractivity contribution in [2.24, 2.45) is 0 Å². The smallest absolute Gasteiger partial charge is 0.263 e. The predicted octanol–water partition coefficient (Wildman–Crippen LogP) is 2.03. The topological polar surface area (TPSA) is 67.2 Å². The number of aliphatic hydroxyl groups is 1. The Balaban J connectivity index is 0.00000157. The number of fused-ring (bicyclic) bond motifs is 4. The third-order valence-corrected chi connectivity index (χ3v) is 6.26. The van der Waals surface area contributed by atoms with Crippen molar-refractivity contribution in [1.82, 2.24) is 14.9 Å². The lowest BCUT2D eigenvalue weighted by atomic mass is 10.1. The van der Waals surface area contributed by atoms with Crippen molar-refractivity contribution in [3.05, 3.63) is 62.5 Å². The molecule has 0 radical (unpaired) electrons. The number of nitrogens with zero attached hydrogens (tertiary/aromatic N) is 2. The minimum Gasteiger partial charge on any atom is -0.390 e. The van der Waals surface area contributed by atoms with Gasteiger partial charge in [0.25, 0.3) is 5.56 Å². The normalized spacial score (nSPS) is 21.6. The van der Waals surface area contributed by atoms with E-state index in [-0.39, 0.29) is 24.0 Å². The molecule has 25 heavy (non-hydrogen) atoms. The second-order valence-electron chi connectivity index (χ2n) is 6.48. The van der Waals surface area contributed by atoms with E-state index < -0.39 is 6.10 Å². The summed E-state index contributed by atoms with van der Waals surface area (Å²) in [5.41, 5.74) is 3.25. The predicted molar refractivity (Wildman–Crippen MR) is 101 cm³/mol. The van der Waals surface area contributed by atoms with Crippen molar-refractivity contribution in [2.45, 2.75) is 31.5 Å². The third kappa shape index (κ3) is 2.44. The number of rotatable bonds is 1. The molecule has 1 aromatic carbocycles. The van der Waals surface area contributed by atoms with E-state index in [9.17, 15) is 9.90 Å². The summed E-state index contributed by atoms with van der Waals surface area (Å²) in [6, 6.07) is 7.61. The van der Waals surface area contributed by atoms with Gasteiger partial charge in [0.1, 0.15) is 4.83 Å². The fourth-order valence-electron chi connectivity index (χ4n) is 4.01. The van der Waals surface area contributed by atoms with Crippen LogP contribution >= 0.6 is 23.7 Å². The third-order valence-electron chi connectivity index (χ3n) is 5.12. The van der Waals surface area contributed by atoms with Crippen molar-refractivity contribution in [3.63, 3.8) is 0 Å². The highest BCUT2D eigenvalue weighted by atomic mass is 35.5. The van der Waals surface area contributed by atoms with E-state index in [0.29, 0.717) is 6.42 Å². The molecular formula is C18H18ClN3O2S. The van der Waals surface area contributed by atoms with E-state index in [4.69, 9.17) is 0 Å². The van der Waals surface area contributed by atoms with Crippen LogP contribution in [0.2, 0.25) is 0 Å². The Morgan fingerprint density at radius 1 is 1.32 bits per heavy atom. The molecule has 0 spiro atoms. The maximum atomic E-state index is 13.2. The summed E-state index contributed by atoms with van der Waals surface area (Å²) < 4.78 is 1.63. The zero-order valence-corrected chi connectivity index (χ0v) is 15.1. The summed E-state index contributed by atoms with van der Waals surface area (Å²) in [4.78, 5) is 19.8. The average Bonchev–Trinajstić information content (AvgIpc) is 3.13. The number of aromatic nitrogens is 2. The van der Waals surface area contributed by atoms with Gasteiger partial charge in [0, 0.05) is 17.8 Å². The molecule has 1 aliphatic heterocycles. The standard InChI is InChI=1S/C18H17N3O2S.ClH/c22-13-7-10-3-1-2-4-11(10)16(13)21-9-20-17-15(18(21)23)12-5-6-19-8-14(12)24-17;/h1-4,9,13,16,19,22H,5-8H2;1H/t13-,16+;/m1./s1. The lowest BCUT2D eigenvalue weighted by molar-refractivity contribution is 0.142. The van der Waals surface area contributed by atoms with E-state index in [0.717, 1.165) is 46.4 Å². The molecule has 5 rings (SSSR count). The largest absolute Gasteiger partial charge is 0.390 e. The van der Waals surface area contributed by atoms with Gasteiger partial charge in [0.15, 0.2) is 0 Å². The van der Waals surface area contributed by atoms with Gasteiger partial charge in [-0.15, -0.1) is 23.7 Å². The van der Waals surface area contributed by atoms with Crippen LogP contribution in [0.15, 0.2) is 35.4 Å². The Bertz CT molecular complexity index is 1010. The molecule has 0 saturated heterocycles. The Hall–Kier alpha value is -1.73. The second kappa shape index (κ2) is 6.21. The molecule has 2 aliphatic rings. The maximum Gasteiger partial charge on any atom is 0.263 e. The van der Waals surface area contributed by atoms with Crippen LogP contribution in [0.1, 0.15) is 27.6 Å². The van der Waals surface area contributed by atoms with Gasteiger partial charge in [0.05, 0.1) is 23.9 Å². The van der Waals surface area contributed by atoms with Gasteiger partial charge in [-0.25, -0.2) is 4.98 Å². The van der Waals surface area contributed by atoms with E-state index in [1.807, 2.05) is 24.3 Å². The van der Waals surface area contributed by atoms with Crippen molar-refractivity contribution in [3.8, 4) is 0 Å². The van der Waals surface area contributed by atoms with E-state index in [2.05, 4.69) is 10.3 Å². The van der Waals surface area contributed by atoms with Crippen LogP contribution in [0.5, 0.6) is 0 Å². The van der Waals surface area contributed by atoms with E-state index in [1.54, 1.807) is 22.2 Å². The first-order valence-corrected chi connectivity index (χ1v) is 9.03. The van der Waals surface area contributed by atoms with E-state index >= 15 is 0 Å². The zero-order chi connectivity index (χ0) is 16.3. The second-order valence-corrected chi connectivity index (χ2v) is 7.57. The molecule has 5 nitrogen and oxygen atoms in total. The molecule has 0 amide bonds. The Morgan fingerprint density at radius 3 is 3.04 bits per heavy atom. The van der Waals surface area contributed by atoms with Crippen LogP contribution in [0.25, 0.3) is 10.2 Å². The highest BCUT2D eigenvalue weighted by Crippen LogP contribution is 2.35. The Kier molecular flexibility index (Phi) is 4.16. The summed E-state index contributed by atoms with van der Waals surface area (Å²) >= 11 is 1.60. The van der Waals surface area contributed by atoms with Crippen molar-refractivity contribution < 1.29 is 5.11 Å². The van der Waals surface area contributed by atoms with Crippen LogP contribution in [-0.4, -0.2) is 27.3 Å². The molecule has 3 heterocycles. The monoisotopic (exact) mass is 375 g/mol. The molecule has 0 fully saturated rings. The summed E-state index contributed by atoms with van der Waals surface area (Å²) in [7, 11) is 0. The van der Waals surface area contributed by atoms with Gasteiger partial charge in [-0.05, 0) is 29.7 Å². The van der Waals surface area contributed by atoms with Crippen LogP contribution in [0.3, 0.4) is 0 Å². The first-order chi connectivity index (χ1) is 11.7. The van der Waals surface area contributed by atoms with Gasteiger partial charge >= 0.3 is 0 Å². The molecule has 130 valence electrons. The minimum absolute atomic E-state index is 0. The number of hydrogen-bond donors (Lipinski definition) is 2. The first kappa shape index (κ1) is 16.7. The van der Waals surface area contributed by atoms with Crippen LogP contribution in [-0.2, 0) is 19.4 Å². The van der Waals surface area contributed by atoms with Crippen LogP contribution in [0.4, 0.5) is 0 Å². The van der Waals surface area contributed by atoms with Crippen LogP contribution in [0, 0.1) is 0 Å². The van der Waals surface area contributed by atoms with Crippen LogP contribution < -0.4 is 10.9 Å². The molecular weight excluding hydrogens is 358 g/mol. The highest BCUT2D eigenvalue weighted by molar-refractivity contribution is 7.18. The van der Waals surface area contributed by atoms with E-state index in [1.165, 1.54) is 4.88 Å². The van der Waals surface area contributed by atoms with Crippen molar-refractivity contribution >= 4 is 34.0 Å². The quantitative estimate of drug-likeness (QED) is 0.683. The molecule has 3 aromatic rings. The highest BCUT2D eigenvalue weighted by Gasteiger charge is 2.33. The number of hydrogen-bond acceptors (Lipinski definition) is 5. The SMILES string of the molecule is Cl.O=c1c2c3c(sc2ncn1[C@H]1c2ccccc2C[C@H]1O)CNCC3. The van der Waals surface area contributed by atoms with Gasteiger partial charge in [-0.1, -0.05) is 24.3 Å². The number of benzene rings is 1. The zero-order valence-electron chi connectivity index (χ0n) is 13.4. The summed E-state index contributed by atoms with van der Waals surface area (Å²) in [5, 5.41) is 14.6. The lowest BCUT2D eigenvalue weighted by Gasteiger charge is -2.19. The molecule has 7 heteroatoms. The summed E-state index contributed by atoms with van der Waals surface area (Å²) in [6.45, 7) is 1.70. The average molecular weight is 376 g/mol. The van der Waals surface area contributed by atoms with Crippen molar-refractivity contribution in [2.75, 3.05) is 6.54 Å². The summed E-state index contributed by atoms with van der Waals surface area (Å²) in [5.74, 6) is 0. The molecule has 2 aromatic heterocycles. The fourth-order valence-corrected chi connectivity index (χ4v) is 5.16. The number of nitrogens with one attached hydrogen (secondary N) is 1. The Labute approximate surface area is 154 Å². The van der Waals surface area contributed by atoms with Gasteiger partial charge in [-0.2, -0.15) is 0 Å². The number of aliphatic hydroxyl groups excluding tert-OH is 1. The van der Waals surface area contributed by atoms with Crippen molar-refractivity contribution in [1.29, 1.82) is 0 Å². The fraction of sp³-hybridized carbons (Fsp3) is 0.333. The Morgan fingerprint density at radius 2 is 2.16 bits per heavy atom. The molecule has 0 saturated carbocycles. The first-order valence-electron chi connectivity index (χ1n) is 8.22. The minimum atomic E-state index is -0.588. The number of thiophene rings is 1. The van der Waals surface area contributed by atoms with Gasteiger partial charge in [-0.3, -0.25) is 9.36 Å². The molecule has 2 N–H and O–H groups in total. The molecule has 2 atom stereocenters. The number of halogens is 1. The summed E-state index contributed by atoms with van der Waals surface area (Å²) in [6.07, 6.45) is 2.46. The molecule has 0 bridgehead atoms.